The molecule has 3 aromatic rings. The Kier molecular flexibility index (Phi) is 6.36. The zero-order valence-electron chi connectivity index (χ0n) is 15.7. The van der Waals surface area contributed by atoms with Crippen LogP contribution in [-0.2, 0) is 10.0 Å². The molecule has 0 aliphatic carbocycles. The molecule has 1 aromatic heterocycles. The molecule has 0 saturated carbocycles. The van der Waals surface area contributed by atoms with Gasteiger partial charge in [-0.3, -0.25) is 4.72 Å². The predicted octanol–water partition coefficient (Wildman–Crippen LogP) is 4.04. The average molecular weight is 441 g/mol. The number of piperidine rings is 1. The van der Waals surface area contributed by atoms with Crippen LogP contribution in [0.3, 0.4) is 0 Å². The first kappa shape index (κ1) is 21.4. The lowest BCUT2D eigenvalue weighted by Crippen LogP contribution is -2.44. The quantitative estimate of drug-likeness (QED) is 0.625. The van der Waals surface area contributed by atoms with E-state index in [1.807, 2.05) is 13.0 Å². The number of aryl methyl sites for hydroxylation is 1. The van der Waals surface area contributed by atoms with Gasteiger partial charge in [0.2, 0.25) is 0 Å². The van der Waals surface area contributed by atoms with Crippen LogP contribution in [0.2, 0.25) is 0 Å². The number of furan rings is 1. The van der Waals surface area contributed by atoms with Crippen molar-refractivity contribution >= 4 is 39.1 Å². The molecule has 9 heteroatoms. The van der Waals surface area contributed by atoms with Gasteiger partial charge in [0.1, 0.15) is 12.3 Å². The summed E-state index contributed by atoms with van der Waals surface area (Å²) in [6.45, 7) is 2.71. The van der Waals surface area contributed by atoms with E-state index in [-0.39, 0.29) is 23.8 Å². The van der Waals surface area contributed by atoms with Crippen molar-refractivity contribution in [2.45, 2.75) is 30.5 Å². The van der Waals surface area contributed by atoms with Crippen LogP contribution in [0.25, 0.3) is 11.0 Å². The lowest BCUT2D eigenvalue weighted by Gasteiger charge is -2.27. The third kappa shape index (κ3) is 4.66. The second kappa shape index (κ2) is 8.61. The lowest BCUT2D eigenvalue weighted by molar-refractivity contribution is 0.0736. The molecule has 6 nitrogen and oxygen atoms in total. The van der Waals surface area contributed by atoms with E-state index in [0.29, 0.717) is 35.4 Å². The lowest BCUT2D eigenvalue weighted by atomic mass is 10.1. The van der Waals surface area contributed by atoms with Gasteiger partial charge in [-0.2, -0.15) is 0 Å². The van der Waals surface area contributed by atoms with Gasteiger partial charge in [0.05, 0.1) is 16.8 Å². The normalized spacial score (nSPS) is 19.5. The van der Waals surface area contributed by atoms with E-state index in [4.69, 9.17) is 9.15 Å². The fraction of sp³-hybridized carbons (Fsp3) is 0.300. The first-order valence-corrected chi connectivity index (χ1v) is 10.5. The molecule has 4 rings (SSSR count). The second-order valence-electron chi connectivity index (χ2n) is 6.90. The summed E-state index contributed by atoms with van der Waals surface area (Å²) in [7, 11) is -3.77. The molecule has 29 heavy (non-hydrogen) atoms. The van der Waals surface area contributed by atoms with Crippen molar-refractivity contribution in [3.63, 3.8) is 0 Å². The number of hydrogen-bond donors (Lipinski definition) is 2. The highest BCUT2D eigenvalue weighted by molar-refractivity contribution is 7.92. The minimum absolute atomic E-state index is 0. The van der Waals surface area contributed by atoms with Gasteiger partial charge in [0.15, 0.2) is 11.3 Å². The molecule has 2 N–H and O–H groups in total. The Balaban J connectivity index is 0.00000240. The van der Waals surface area contributed by atoms with Gasteiger partial charge in [0.25, 0.3) is 10.0 Å². The maximum absolute atomic E-state index is 14.2. The van der Waals surface area contributed by atoms with Gasteiger partial charge in [-0.05, 0) is 49.7 Å². The molecule has 0 spiro atoms. The van der Waals surface area contributed by atoms with Crippen molar-refractivity contribution in [3.8, 4) is 5.75 Å². The number of hydrogen-bond acceptors (Lipinski definition) is 5. The Bertz CT molecular complexity index is 1100. The number of sulfonamides is 1. The van der Waals surface area contributed by atoms with Crippen LogP contribution < -0.4 is 14.8 Å². The van der Waals surface area contributed by atoms with Gasteiger partial charge < -0.3 is 14.5 Å². The highest BCUT2D eigenvalue weighted by Crippen LogP contribution is 2.33. The zero-order valence-corrected chi connectivity index (χ0v) is 17.4. The molecule has 2 aromatic carbocycles. The molecule has 1 aliphatic heterocycles. The van der Waals surface area contributed by atoms with E-state index in [0.717, 1.165) is 5.56 Å². The fourth-order valence-corrected chi connectivity index (χ4v) is 4.43. The predicted molar refractivity (Wildman–Crippen MR) is 112 cm³/mol. The molecule has 0 radical (unpaired) electrons. The van der Waals surface area contributed by atoms with E-state index in [2.05, 4.69) is 10.0 Å². The standard InChI is InChI=1S/C20H21FN2O4S.ClH/c1-13-3-2-4-16(9-13)28(24,25)23-15-10-14-6-8-26-20(14)19(11-15)27-18-5-7-22-12-17(18)21;/h2-4,6,8-11,17-18,22-23H,5,7,12H2,1H3;1H/t17-,18-;/m0./s1. The van der Waals surface area contributed by atoms with E-state index < -0.39 is 22.3 Å². The van der Waals surface area contributed by atoms with Gasteiger partial charge in [0, 0.05) is 18.0 Å². The molecule has 0 amide bonds. The van der Waals surface area contributed by atoms with Crippen LogP contribution in [0.4, 0.5) is 10.1 Å². The molecule has 2 heterocycles. The van der Waals surface area contributed by atoms with Gasteiger partial charge >= 0.3 is 0 Å². The highest BCUT2D eigenvalue weighted by atomic mass is 35.5. The summed E-state index contributed by atoms with van der Waals surface area (Å²) >= 11 is 0. The molecular formula is C20H22ClFN2O4S. The topological polar surface area (TPSA) is 80.6 Å². The minimum atomic E-state index is -3.77. The summed E-state index contributed by atoms with van der Waals surface area (Å²) in [5, 5.41) is 3.65. The van der Waals surface area contributed by atoms with E-state index in [9.17, 15) is 12.8 Å². The van der Waals surface area contributed by atoms with Crippen molar-refractivity contribution in [2.24, 2.45) is 0 Å². The summed E-state index contributed by atoms with van der Waals surface area (Å²) in [5.74, 6) is 0.319. The average Bonchev–Trinajstić information content (AvgIpc) is 3.12. The van der Waals surface area contributed by atoms with Crippen molar-refractivity contribution in [1.82, 2.24) is 5.32 Å². The summed E-state index contributed by atoms with van der Waals surface area (Å²) in [6.07, 6.45) is 0.249. The van der Waals surface area contributed by atoms with Crippen molar-refractivity contribution in [3.05, 3.63) is 54.3 Å². The molecular weight excluding hydrogens is 419 g/mol. The molecule has 0 bridgehead atoms. The number of alkyl halides is 1. The summed E-state index contributed by atoms with van der Waals surface area (Å²) in [6, 6.07) is 11.6. The Morgan fingerprint density at radius 3 is 2.83 bits per heavy atom. The molecule has 156 valence electrons. The third-order valence-corrected chi connectivity index (χ3v) is 6.07. The molecule has 1 saturated heterocycles. The number of anilines is 1. The van der Waals surface area contributed by atoms with Crippen LogP contribution in [-0.4, -0.2) is 33.8 Å². The van der Waals surface area contributed by atoms with E-state index in [1.165, 1.54) is 18.4 Å². The zero-order chi connectivity index (χ0) is 19.7. The number of benzene rings is 2. The third-order valence-electron chi connectivity index (χ3n) is 4.70. The molecule has 1 aliphatic rings. The monoisotopic (exact) mass is 440 g/mol. The number of ether oxygens (including phenoxy) is 1. The number of nitrogens with one attached hydrogen (secondary N) is 2. The summed E-state index contributed by atoms with van der Waals surface area (Å²) in [5.41, 5.74) is 1.64. The van der Waals surface area contributed by atoms with E-state index >= 15 is 0 Å². The maximum atomic E-state index is 14.2. The molecule has 1 fully saturated rings. The highest BCUT2D eigenvalue weighted by Gasteiger charge is 2.27. The van der Waals surface area contributed by atoms with Gasteiger partial charge in [-0.1, -0.05) is 12.1 Å². The molecule has 0 unspecified atom stereocenters. The number of rotatable bonds is 5. The Morgan fingerprint density at radius 2 is 2.07 bits per heavy atom. The van der Waals surface area contributed by atoms with Crippen molar-refractivity contribution in [1.29, 1.82) is 0 Å². The summed E-state index contributed by atoms with van der Waals surface area (Å²) < 4.78 is 53.6. The van der Waals surface area contributed by atoms with Gasteiger partial charge in [-0.25, -0.2) is 12.8 Å². The van der Waals surface area contributed by atoms with E-state index in [1.54, 1.807) is 24.3 Å². The van der Waals surface area contributed by atoms with Crippen LogP contribution in [0.1, 0.15) is 12.0 Å². The Hall–Kier alpha value is -2.29. The first-order chi connectivity index (χ1) is 13.4. The Labute approximate surface area is 174 Å². The maximum Gasteiger partial charge on any atom is 0.261 e. The SMILES string of the molecule is Cc1cccc(S(=O)(=O)Nc2cc(O[C@H]3CCNC[C@@H]3F)c3occc3c2)c1.Cl. The second-order valence-corrected chi connectivity index (χ2v) is 8.58. The Morgan fingerprint density at radius 1 is 1.24 bits per heavy atom. The van der Waals surface area contributed by atoms with Crippen LogP contribution in [0.5, 0.6) is 5.75 Å². The summed E-state index contributed by atoms with van der Waals surface area (Å²) in [4.78, 5) is 0.171. The largest absolute Gasteiger partial charge is 0.483 e. The minimum Gasteiger partial charge on any atom is -0.483 e. The van der Waals surface area contributed by atoms with Crippen molar-refractivity contribution < 1.29 is 22.0 Å². The first-order valence-electron chi connectivity index (χ1n) is 9.04. The van der Waals surface area contributed by atoms with Crippen molar-refractivity contribution in [2.75, 3.05) is 17.8 Å². The molecule has 2 atom stereocenters. The van der Waals surface area contributed by atoms with Crippen LogP contribution in [0.15, 0.2) is 58.0 Å². The number of halogens is 2. The van der Waals surface area contributed by atoms with Crippen LogP contribution >= 0.6 is 12.4 Å². The van der Waals surface area contributed by atoms with Crippen LogP contribution in [0, 0.1) is 6.92 Å². The fourth-order valence-electron chi connectivity index (χ4n) is 3.28. The smallest absolute Gasteiger partial charge is 0.261 e. The number of fused-ring (bicyclic) bond motifs is 1. The van der Waals surface area contributed by atoms with Gasteiger partial charge in [-0.15, -0.1) is 12.4 Å².